The van der Waals surface area contributed by atoms with Gasteiger partial charge in [0.25, 0.3) is 0 Å². The molecule has 2 aliphatic rings. The Morgan fingerprint density at radius 1 is 1.37 bits per heavy atom. The van der Waals surface area contributed by atoms with Crippen LogP contribution in [-0.4, -0.2) is 30.1 Å². The molecular weight excluding hydrogens is 377 g/mol. The van der Waals surface area contributed by atoms with Gasteiger partial charge in [0.05, 0.1) is 5.69 Å². The highest BCUT2D eigenvalue weighted by molar-refractivity contribution is 8.05. The van der Waals surface area contributed by atoms with Gasteiger partial charge >= 0.3 is 0 Å². The van der Waals surface area contributed by atoms with Crippen LogP contribution in [0.5, 0.6) is 0 Å². The summed E-state index contributed by atoms with van der Waals surface area (Å²) in [5, 5.41) is 10.2. The summed E-state index contributed by atoms with van der Waals surface area (Å²) in [4.78, 5) is 17.0. The van der Waals surface area contributed by atoms with E-state index in [-0.39, 0.29) is 40.3 Å². The van der Waals surface area contributed by atoms with E-state index in [0.29, 0.717) is 5.39 Å². The second kappa shape index (κ2) is 6.01. The molecule has 2 heterocycles. The fourth-order valence-electron chi connectivity index (χ4n) is 2.82. The minimum absolute atomic E-state index is 0.0241. The lowest BCUT2D eigenvalue weighted by Crippen LogP contribution is -2.23. The van der Waals surface area contributed by atoms with Crippen molar-refractivity contribution in [1.82, 2.24) is 5.16 Å². The van der Waals surface area contributed by atoms with Crippen molar-refractivity contribution in [2.75, 3.05) is 5.32 Å². The van der Waals surface area contributed by atoms with Crippen LogP contribution in [0.15, 0.2) is 21.8 Å². The maximum absolute atomic E-state index is 14.2. The predicted octanol–water partition coefficient (Wildman–Crippen LogP) is 2.74. The largest absolute Gasteiger partial charge is 0.389 e. The second-order valence-electron chi connectivity index (χ2n) is 7.49. The number of halogens is 1. The van der Waals surface area contributed by atoms with Gasteiger partial charge in [-0.05, 0) is 32.8 Å². The first-order valence-corrected chi connectivity index (χ1v) is 10.2. The number of sulfone groups is 1. The van der Waals surface area contributed by atoms with Crippen LogP contribution in [0, 0.1) is 11.7 Å². The number of carbonyl (C=O) groups is 1. The molecule has 0 atom stereocenters. The van der Waals surface area contributed by atoms with E-state index in [1.807, 2.05) is 0 Å². The average Bonchev–Trinajstić information content (AvgIpc) is 3.28. The van der Waals surface area contributed by atoms with E-state index in [9.17, 15) is 17.6 Å². The SMILES string of the molecule is CC1(C)CC(S(=O)(=O)Cc2noc3cc(F)c(NC(=O)C4CC4)cc23)=NO1. The maximum atomic E-state index is 14.2. The molecule has 1 aliphatic heterocycles. The van der Waals surface area contributed by atoms with Crippen molar-refractivity contribution in [3.05, 3.63) is 23.6 Å². The lowest BCUT2D eigenvalue weighted by atomic mass is 10.1. The first-order valence-electron chi connectivity index (χ1n) is 8.51. The molecule has 1 saturated carbocycles. The third-order valence-electron chi connectivity index (χ3n) is 4.50. The van der Waals surface area contributed by atoms with Crippen LogP contribution in [0.1, 0.15) is 38.8 Å². The van der Waals surface area contributed by atoms with Crippen molar-refractivity contribution in [2.45, 2.75) is 44.5 Å². The zero-order chi connectivity index (χ0) is 19.4. The van der Waals surface area contributed by atoms with Gasteiger partial charge in [0, 0.05) is 23.8 Å². The number of amides is 1. The van der Waals surface area contributed by atoms with Crippen LogP contribution < -0.4 is 5.32 Å². The van der Waals surface area contributed by atoms with E-state index in [1.165, 1.54) is 6.07 Å². The molecule has 0 unspecified atom stereocenters. The summed E-state index contributed by atoms with van der Waals surface area (Å²) in [7, 11) is -3.77. The summed E-state index contributed by atoms with van der Waals surface area (Å²) >= 11 is 0. The summed E-state index contributed by atoms with van der Waals surface area (Å²) < 4.78 is 44.5. The molecule has 1 N–H and O–H groups in total. The number of fused-ring (bicyclic) bond motifs is 1. The van der Waals surface area contributed by atoms with Crippen LogP contribution in [-0.2, 0) is 25.2 Å². The van der Waals surface area contributed by atoms with E-state index in [1.54, 1.807) is 13.8 Å². The van der Waals surface area contributed by atoms with Crippen LogP contribution >= 0.6 is 0 Å². The quantitative estimate of drug-likeness (QED) is 0.852. The van der Waals surface area contributed by atoms with Crippen LogP contribution in [0.25, 0.3) is 11.0 Å². The summed E-state index contributed by atoms with van der Waals surface area (Å²) in [5.41, 5.74) is -0.479. The molecule has 0 saturated heterocycles. The van der Waals surface area contributed by atoms with E-state index in [2.05, 4.69) is 15.6 Å². The number of benzene rings is 1. The molecule has 1 amide bonds. The molecule has 1 aromatic heterocycles. The Bertz CT molecular complexity index is 1070. The number of oxime groups is 1. The zero-order valence-electron chi connectivity index (χ0n) is 14.8. The van der Waals surface area contributed by atoms with E-state index in [0.717, 1.165) is 18.9 Å². The minimum atomic E-state index is -3.77. The molecule has 27 heavy (non-hydrogen) atoms. The fourth-order valence-corrected chi connectivity index (χ4v) is 4.28. The molecule has 8 nitrogen and oxygen atoms in total. The summed E-state index contributed by atoms with van der Waals surface area (Å²) in [6, 6.07) is 2.43. The van der Waals surface area contributed by atoms with Crippen molar-refractivity contribution in [2.24, 2.45) is 11.1 Å². The van der Waals surface area contributed by atoms with Crippen molar-refractivity contribution in [1.29, 1.82) is 0 Å². The van der Waals surface area contributed by atoms with Gasteiger partial charge in [-0.3, -0.25) is 4.79 Å². The van der Waals surface area contributed by atoms with E-state index in [4.69, 9.17) is 9.36 Å². The number of rotatable bonds is 4. The second-order valence-corrected chi connectivity index (χ2v) is 9.48. The maximum Gasteiger partial charge on any atom is 0.227 e. The Morgan fingerprint density at radius 3 is 2.74 bits per heavy atom. The Labute approximate surface area is 154 Å². The smallest absolute Gasteiger partial charge is 0.227 e. The van der Waals surface area contributed by atoms with Gasteiger partial charge in [0.1, 0.15) is 17.0 Å². The van der Waals surface area contributed by atoms with Gasteiger partial charge in [-0.15, -0.1) is 0 Å². The molecule has 10 heteroatoms. The summed E-state index contributed by atoms with van der Waals surface area (Å²) in [6.07, 6.45) is 1.72. The first kappa shape index (κ1) is 17.9. The molecule has 0 spiro atoms. The molecule has 1 fully saturated rings. The number of aromatic nitrogens is 1. The van der Waals surface area contributed by atoms with Crippen molar-refractivity contribution >= 4 is 37.4 Å². The number of anilines is 1. The van der Waals surface area contributed by atoms with E-state index < -0.39 is 27.0 Å². The van der Waals surface area contributed by atoms with Crippen molar-refractivity contribution in [3.8, 4) is 0 Å². The lowest BCUT2D eigenvalue weighted by Gasteiger charge is -2.13. The van der Waals surface area contributed by atoms with Gasteiger partial charge in [-0.2, -0.15) is 0 Å². The van der Waals surface area contributed by atoms with Crippen molar-refractivity contribution in [3.63, 3.8) is 0 Å². The Kier molecular flexibility index (Phi) is 3.99. The van der Waals surface area contributed by atoms with Crippen LogP contribution in [0.3, 0.4) is 0 Å². The average molecular weight is 395 g/mol. The van der Waals surface area contributed by atoms with Crippen LogP contribution in [0.2, 0.25) is 0 Å². The Balaban J connectivity index is 1.63. The topological polar surface area (TPSA) is 111 Å². The highest BCUT2D eigenvalue weighted by Gasteiger charge is 2.37. The monoisotopic (exact) mass is 395 g/mol. The van der Waals surface area contributed by atoms with Gasteiger partial charge in [-0.25, -0.2) is 12.8 Å². The summed E-state index contributed by atoms with van der Waals surface area (Å²) in [6.45, 7) is 3.48. The number of nitrogens with zero attached hydrogens (tertiary/aromatic N) is 2. The summed E-state index contributed by atoms with van der Waals surface area (Å²) in [5.74, 6) is -1.47. The highest BCUT2D eigenvalue weighted by atomic mass is 32.2. The predicted molar refractivity (Wildman–Crippen MR) is 95.2 cm³/mol. The fraction of sp³-hybridized carbons (Fsp3) is 0.471. The van der Waals surface area contributed by atoms with Gasteiger partial charge in [0.2, 0.25) is 15.7 Å². The van der Waals surface area contributed by atoms with Gasteiger partial charge in [-0.1, -0.05) is 10.3 Å². The molecule has 2 aromatic rings. The minimum Gasteiger partial charge on any atom is -0.389 e. The molecule has 0 bridgehead atoms. The van der Waals surface area contributed by atoms with Crippen LogP contribution in [0.4, 0.5) is 10.1 Å². The highest BCUT2D eigenvalue weighted by Crippen LogP contribution is 2.33. The zero-order valence-corrected chi connectivity index (χ0v) is 15.6. The van der Waals surface area contributed by atoms with Gasteiger partial charge < -0.3 is 14.7 Å². The van der Waals surface area contributed by atoms with Gasteiger partial charge in [0.15, 0.2) is 16.4 Å². The Hall–Kier alpha value is -2.49. The number of hydrogen-bond acceptors (Lipinski definition) is 7. The first-order chi connectivity index (χ1) is 12.6. The van der Waals surface area contributed by atoms with E-state index >= 15 is 0 Å². The molecule has 1 aliphatic carbocycles. The normalized spacial score (nSPS) is 19.0. The number of nitrogens with one attached hydrogen (secondary N) is 1. The number of hydrogen-bond donors (Lipinski definition) is 1. The number of carbonyl (C=O) groups excluding carboxylic acids is 1. The molecule has 0 radical (unpaired) electrons. The molecule has 144 valence electrons. The third-order valence-corrected chi connectivity index (χ3v) is 6.09. The van der Waals surface area contributed by atoms with Crippen molar-refractivity contribution < 1.29 is 27.0 Å². The standard InChI is InChI=1S/C17H18FN3O5S/c1-17(2)7-15(21-26-17)27(23,24)8-13-10-5-12(19-16(22)9-3-4-9)11(18)6-14(10)25-20-13/h5-6,9H,3-4,7-8H2,1-2H3,(H,19,22). The molecule has 1 aromatic carbocycles. The lowest BCUT2D eigenvalue weighted by molar-refractivity contribution is -0.117. The Morgan fingerprint density at radius 2 is 2.11 bits per heavy atom. The third kappa shape index (κ3) is 3.53. The molecule has 4 rings (SSSR count). The molecular formula is C17H18FN3O5S.